The molecule has 0 amide bonds. The predicted molar refractivity (Wildman–Crippen MR) is 92.2 cm³/mol. The molecule has 122 valence electrons. The molecule has 0 aliphatic rings. The van der Waals surface area contributed by atoms with E-state index in [0.29, 0.717) is 11.1 Å². The second-order valence-corrected chi connectivity index (χ2v) is 5.61. The normalized spacial score (nSPS) is 10.7. The lowest BCUT2D eigenvalue weighted by atomic mass is 10.1. The molecule has 0 saturated carbocycles. The van der Waals surface area contributed by atoms with Crippen molar-refractivity contribution in [3.8, 4) is 0 Å². The lowest BCUT2D eigenvalue weighted by Gasteiger charge is -2.13. The molecule has 0 spiro atoms. The van der Waals surface area contributed by atoms with Crippen LogP contribution in [-0.2, 0) is 4.74 Å². The highest BCUT2D eigenvalue weighted by atomic mass is 19.1. The van der Waals surface area contributed by atoms with Crippen molar-refractivity contribution < 1.29 is 13.9 Å². The average Bonchev–Trinajstić information content (AvgIpc) is 2.58. The first kappa shape index (κ1) is 15.9. The number of rotatable bonds is 3. The molecule has 4 nitrogen and oxygen atoms in total. The van der Waals surface area contributed by atoms with Crippen molar-refractivity contribution in [1.82, 2.24) is 4.98 Å². The zero-order chi connectivity index (χ0) is 17.3. The van der Waals surface area contributed by atoms with Crippen LogP contribution < -0.4 is 5.32 Å². The third-order valence-corrected chi connectivity index (χ3v) is 3.97. The maximum atomic E-state index is 14.1. The molecule has 0 unspecified atom stereocenters. The van der Waals surface area contributed by atoms with Gasteiger partial charge in [0.05, 0.1) is 12.8 Å². The Bertz CT molecular complexity index is 938. The van der Waals surface area contributed by atoms with Crippen molar-refractivity contribution in [2.75, 3.05) is 12.4 Å². The van der Waals surface area contributed by atoms with Crippen molar-refractivity contribution in [3.63, 3.8) is 0 Å². The highest BCUT2D eigenvalue weighted by molar-refractivity contribution is 5.99. The fourth-order valence-electron chi connectivity index (χ4n) is 2.50. The zero-order valence-corrected chi connectivity index (χ0v) is 13.7. The number of nitrogens with one attached hydrogen (secondary N) is 1. The number of esters is 1. The first-order valence-corrected chi connectivity index (χ1v) is 7.51. The summed E-state index contributed by atoms with van der Waals surface area (Å²) in [5.74, 6) is -1.09. The van der Waals surface area contributed by atoms with Crippen LogP contribution in [0.3, 0.4) is 0 Å². The van der Waals surface area contributed by atoms with E-state index < -0.39 is 11.8 Å². The summed E-state index contributed by atoms with van der Waals surface area (Å²) >= 11 is 0. The predicted octanol–water partition coefficient (Wildman–Crippen LogP) is 4.52. The molecule has 0 fully saturated rings. The largest absolute Gasteiger partial charge is 0.464 e. The Kier molecular flexibility index (Phi) is 4.16. The van der Waals surface area contributed by atoms with Crippen LogP contribution in [0.15, 0.2) is 42.5 Å². The standard InChI is InChI=1S/C19H17FN2O2/c1-11-7-8-13(9-12(11)2)21-16-10-17(19(23)24-3)22-18-14(16)5-4-6-15(18)20/h4-10H,1-3H3,(H,21,22). The Hall–Kier alpha value is -2.95. The maximum Gasteiger partial charge on any atom is 0.356 e. The highest BCUT2D eigenvalue weighted by Gasteiger charge is 2.15. The van der Waals surface area contributed by atoms with Crippen LogP contribution in [0.4, 0.5) is 15.8 Å². The van der Waals surface area contributed by atoms with Gasteiger partial charge in [0.15, 0.2) is 5.69 Å². The SMILES string of the molecule is COC(=O)c1cc(Nc2ccc(C)c(C)c2)c2cccc(F)c2n1. The number of hydrogen-bond donors (Lipinski definition) is 1. The summed E-state index contributed by atoms with van der Waals surface area (Å²) in [6.07, 6.45) is 0. The Morgan fingerprint density at radius 1 is 1.12 bits per heavy atom. The minimum atomic E-state index is -0.608. The van der Waals surface area contributed by atoms with Crippen LogP contribution in [0.5, 0.6) is 0 Å². The summed E-state index contributed by atoms with van der Waals surface area (Å²) in [5.41, 5.74) is 3.96. The van der Waals surface area contributed by atoms with Crippen molar-refractivity contribution in [2.45, 2.75) is 13.8 Å². The topological polar surface area (TPSA) is 51.2 Å². The molecule has 0 saturated heterocycles. The number of halogens is 1. The molecule has 3 rings (SSSR count). The van der Waals surface area contributed by atoms with Crippen LogP contribution >= 0.6 is 0 Å². The van der Waals surface area contributed by atoms with Gasteiger partial charge in [0.25, 0.3) is 0 Å². The monoisotopic (exact) mass is 324 g/mol. The molecule has 0 atom stereocenters. The van der Waals surface area contributed by atoms with E-state index in [1.54, 1.807) is 18.2 Å². The Labute approximate surface area is 139 Å². The van der Waals surface area contributed by atoms with E-state index in [9.17, 15) is 9.18 Å². The molecule has 1 heterocycles. The maximum absolute atomic E-state index is 14.1. The lowest BCUT2D eigenvalue weighted by molar-refractivity contribution is 0.0594. The highest BCUT2D eigenvalue weighted by Crippen LogP contribution is 2.29. The van der Waals surface area contributed by atoms with Gasteiger partial charge in [-0.15, -0.1) is 0 Å². The van der Waals surface area contributed by atoms with E-state index in [-0.39, 0.29) is 11.2 Å². The molecule has 0 bridgehead atoms. The molecule has 0 aliphatic heterocycles. The van der Waals surface area contributed by atoms with Crippen LogP contribution in [0, 0.1) is 19.7 Å². The summed E-state index contributed by atoms with van der Waals surface area (Å²) in [4.78, 5) is 15.9. The molecule has 1 aromatic heterocycles. The van der Waals surface area contributed by atoms with Crippen molar-refractivity contribution in [2.24, 2.45) is 0 Å². The second-order valence-electron chi connectivity index (χ2n) is 5.61. The summed E-state index contributed by atoms with van der Waals surface area (Å²) in [5, 5.41) is 3.85. The summed E-state index contributed by atoms with van der Waals surface area (Å²) in [7, 11) is 1.27. The van der Waals surface area contributed by atoms with Crippen LogP contribution in [0.25, 0.3) is 10.9 Å². The van der Waals surface area contributed by atoms with Gasteiger partial charge < -0.3 is 10.1 Å². The van der Waals surface area contributed by atoms with E-state index in [2.05, 4.69) is 10.3 Å². The minimum Gasteiger partial charge on any atom is -0.464 e. The molecule has 5 heteroatoms. The van der Waals surface area contributed by atoms with Crippen molar-refractivity contribution in [3.05, 3.63) is 65.1 Å². The van der Waals surface area contributed by atoms with Gasteiger partial charge in [0.2, 0.25) is 0 Å². The number of benzene rings is 2. The first-order chi connectivity index (χ1) is 11.5. The number of aromatic nitrogens is 1. The minimum absolute atomic E-state index is 0.0569. The number of hydrogen-bond acceptors (Lipinski definition) is 4. The van der Waals surface area contributed by atoms with Gasteiger partial charge in [-0.05, 0) is 49.2 Å². The average molecular weight is 324 g/mol. The van der Waals surface area contributed by atoms with E-state index in [4.69, 9.17) is 4.74 Å². The van der Waals surface area contributed by atoms with Gasteiger partial charge >= 0.3 is 5.97 Å². The molecular formula is C19H17FN2O2. The van der Waals surface area contributed by atoms with Crippen LogP contribution in [0.2, 0.25) is 0 Å². The van der Waals surface area contributed by atoms with Gasteiger partial charge in [-0.2, -0.15) is 0 Å². The van der Waals surface area contributed by atoms with Crippen molar-refractivity contribution >= 4 is 28.2 Å². The molecule has 24 heavy (non-hydrogen) atoms. The summed E-state index contributed by atoms with van der Waals surface area (Å²) < 4.78 is 18.8. The van der Waals surface area contributed by atoms with Crippen molar-refractivity contribution in [1.29, 1.82) is 0 Å². The van der Waals surface area contributed by atoms with Gasteiger partial charge in [-0.1, -0.05) is 18.2 Å². The number of para-hydroxylation sites is 1. The Morgan fingerprint density at radius 2 is 1.92 bits per heavy atom. The summed E-state index contributed by atoms with van der Waals surface area (Å²) in [6.45, 7) is 4.05. The first-order valence-electron chi connectivity index (χ1n) is 7.51. The Balaban J connectivity index is 2.16. The quantitative estimate of drug-likeness (QED) is 0.720. The number of fused-ring (bicyclic) bond motifs is 1. The van der Waals surface area contributed by atoms with Gasteiger partial charge in [0.1, 0.15) is 11.3 Å². The van der Waals surface area contributed by atoms with Crippen LogP contribution in [-0.4, -0.2) is 18.1 Å². The third-order valence-electron chi connectivity index (χ3n) is 3.97. The third kappa shape index (κ3) is 2.93. The lowest BCUT2D eigenvalue weighted by Crippen LogP contribution is -2.06. The van der Waals surface area contributed by atoms with Gasteiger partial charge in [0, 0.05) is 11.1 Å². The van der Waals surface area contributed by atoms with E-state index in [1.165, 1.54) is 18.7 Å². The second kappa shape index (κ2) is 6.28. The van der Waals surface area contributed by atoms with E-state index in [0.717, 1.165) is 11.3 Å². The van der Waals surface area contributed by atoms with Gasteiger partial charge in [-0.3, -0.25) is 0 Å². The number of methoxy groups -OCH3 is 1. The number of carbonyl (C=O) groups is 1. The number of nitrogens with zero attached hydrogens (tertiary/aromatic N) is 1. The van der Waals surface area contributed by atoms with Crippen LogP contribution in [0.1, 0.15) is 21.6 Å². The molecule has 1 N–H and O–H groups in total. The molecular weight excluding hydrogens is 307 g/mol. The number of carbonyl (C=O) groups excluding carboxylic acids is 1. The molecule has 3 aromatic rings. The Morgan fingerprint density at radius 3 is 2.62 bits per heavy atom. The van der Waals surface area contributed by atoms with E-state index in [1.807, 2.05) is 32.0 Å². The number of ether oxygens (including phenoxy) is 1. The summed E-state index contributed by atoms with van der Waals surface area (Å²) in [6, 6.07) is 12.2. The van der Waals surface area contributed by atoms with E-state index >= 15 is 0 Å². The molecule has 0 aliphatic carbocycles. The smallest absolute Gasteiger partial charge is 0.356 e. The number of anilines is 2. The number of pyridine rings is 1. The molecule has 2 aromatic carbocycles. The fraction of sp³-hybridized carbons (Fsp3) is 0.158. The van der Waals surface area contributed by atoms with Gasteiger partial charge in [-0.25, -0.2) is 14.2 Å². The molecule has 0 radical (unpaired) electrons. The fourth-order valence-corrected chi connectivity index (χ4v) is 2.50. The number of aryl methyl sites for hydroxylation is 2. The zero-order valence-electron chi connectivity index (χ0n) is 13.7.